The number of benzene rings is 2. The molecule has 24 heavy (non-hydrogen) atoms. The van der Waals surface area contributed by atoms with Crippen LogP contribution in [0.25, 0.3) is 0 Å². The second-order valence-corrected chi connectivity index (χ2v) is 6.35. The number of likely N-dealkylation sites (N-methyl/N-ethyl adjacent to an activating group) is 1. The Kier molecular flexibility index (Phi) is 4.76. The molecule has 1 aliphatic carbocycles. The minimum Gasteiger partial charge on any atom is -0.325 e. The van der Waals surface area contributed by atoms with Gasteiger partial charge in [0.05, 0.1) is 6.54 Å². The summed E-state index contributed by atoms with van der Waals surface area (Å²) in [5.74, 6) is -0.0756. The lowest BCUT2D eigenvalue weighted by molar-refractivity contribution is -0.117. The fourth-order valence-electron chi connectivity index (χ4n) is 3.35. The molecule has 2 aromatic rings. The van der Waals surface area contributed by atoms with Crippen LogP contribution in [0.15, 0.2) is 48.5 Å². The number of aryl methyl sites for hydroxylation is 1. The van der Waals surface area contributed by atoms with Gasteiger partial charge in [0.2, 0.25) is 5.91 Å². The number of amides is 1. The normalized spacial score (nSPS) is 16.0. The number of nitrogens with one attached hydrogen (secondary N) is 1. The average Bonchev–Trinajstić information content (AvgIpc) is 2.99. The van der Waals surface area contributed by atoms with E-state index in [0.717, 1.165) is 12.8 Å². The topological polar surface area (TPSA) is 49.4 Å². The first-order valence-corrected chi connectivity index (χ1v) is 8.23. The minimum atomic E-state index is -0.0671. The van der Waals surface area contributed by atoms with Crippen LogP contribution < -0.4 is 5.32 Å². The maximum absolute atomic E-state index is 12.3. The van der Waals surface area contributed by atoms with Crippen molar-refractivity contribution in [3.05, 3.63) is 65.2 Å². The van der Waals surface area contributed by atoms with E-state index in [-0.39, 0.29) is 17.7 Å². The molecule has 0 bridgehead atoms. The molecular weight excluding hydrogens is 300 g/mol. The molecule has 0 heterocycles. The van der Waals surface area contributed by atoms with Crippen molar-refractivity contribution in [3.8, 4) is 0 Å². The van der Waals surface area contributed by atoms with Crippen LogP contribution in [0, 0.1) is 0 Å². The highest BCUT2D eigenvalue weighted by Gasteiger charge is 2.26. The summed E-state index contributed by atoms with van der Waals surface area (Å²) in [6, 6.07) is 15.8. The van der Waals surface area contributed by atoms with Gasteiger partial charge in [0, 0.05) is 17.3 Å². The Hall–Kier alpha value is -2.46. The number of carbonyl (C=O) groups is 2. The van der Waals surface area contributed by atoms with Crippen molar-refractivity contribution < 1.29 is 9.59 Å². The van der Waals surface area contributed by atoms with E-state index in [1.54, 1.807) is 24.3 Å². The molecule has 0 spiro atoms. The van der Waals surface area contributed by atoms with Gasteiger partial charge in [-0.2, -0.15) is 0 Å². The summed E-state index contributed by atoms with van der Waals surface area (Å²) in [5, 5.41) is 2.88. The molecule has 0 radical (unpaired) electrons. The maximum Gasteiger partial charge on any atom is 0.238 e. The number of anilines is 1. The standard InChI is InChI=1S/C20H22N2O2/c1-14(23)16-7-5-8-17(12-16)21-20(24)13-22(2)19-11-10-15-6-3-4-9-18(15)19/h3-9,12,19H,10-11,13H2,1-2H3,(H,21,24)/t19-/m0/s1. The lowest BCUT2D eigenvalue weighted by Crippen LogP contribution is -2.32. The predicted octanol–water partition coefficient (Wildman–Crippen LogP) is 3.45. The van der Waals surface area contributed by atoms with Gasteiger partial charge in [0.1, 0.15) is 0 Å². The zero-order valence-electron chi connectivity index (χ0n) is 14.1. The summed E-state index contributed by atoms with van der Waals surface area (Å²) in [5.41, 5.74) is 3.97. The van der Waals surface area contributed by atoms with E-state index in [9.17, 15) is 9.59 Å². The fourth-order valence-corrected chi connectivity index (χ4v) is 3.35. The first-order valence-electron chi connectivity index (χ1n) is 8.23. The zero-order chi connectivity index (χ0) is 17.1. The molecule has 0 unspecified atom stereocenters. The van der Waals surface area contributed by atoms with Gasteiger partial charge in [-0.05, 0) is 50.1 Å². The summed E-state index contributed by atoms with van der Waals surface area (Å²) in [4.78, 5) is 25.9. The van der Waals surface area contributed by atoms with Crippen LogP contribution in [-0.4, -0.2) is 30.2 Å². The lowest BCUT2D eigenvalue weighted by Gasteiger charge is -2.24. The molecule has 1 atom stereocenters. The largest absolute Gasteiger partial charge is 0.325 e. The zero-order valence-corrected chi connectivity index (χ0v) is 14.1. The molecule has 2 aromatic carbocycles. The SMILES string of the molecule is CC(=O)c1cccc(NC(=O)CN(C)[C@H]2CCc3ccccc32)c1. The number of carbonyl (C=O) groups excluding carboxylic acids is 2. The molecule has 0 saturated heterocycles. The highest BCUT2D eigenvalue weighted by molar-refractivity contribution is 5.97. The molecular formula is C20H22N2O2. The van der Waals surface area contributed by atoms with Crippen LogP contribution in [0.2, 0.25) is 0 Å². The molecule has 0 fully saturated rings. The van der Waals surface area contributed by atoms with Crippen LogP contribution in [0.5, 0.6) is 0 Å². The van der Waals surface area contributed by atoms with Gasteiger partial charge in [-0.3, -0.25) is 14.5 Å². The minimum absolute atomic E-state index is 0.00854. The highest BCUT2D eigenvalue weighted by Crippen LogP contribution is 2.34. The molecule has 0 aromatic heterocycles. The highest BCUT2D eigenvalue weighted by atomic mass is 16.2. The second-order valence-electron chi connectivity index (χ2n) is 6.35. The Morgan fingerprint density at radius 2 is 1.96 bits per heavy atom. The van der Waals surface area contributed by atoms with Gasteiger partial charge in [-0.1, -0.05) is 36.4 Å². The van der Waals surface area contributed by atoms with Gasteiger partial charge in [-0.25, -0.2) is 0 Å². The number of nitrogens with zero attached hydrogens (tertiary/aromatic N) is 1. The molecule has 1 aliphatic rings. The maximum atomic E-state index is 12.3. The van der Waals surface area contributed by atoms with E-state index < -0.39 is 0 Å². The molecule has 0 aliphatic heterocycles. The van der Waals surface area contributed by atoms with E-state index in [0.29, 0.717) is 17.8 Å². The molecule has 4 heteroatoms. The molecule has 4 nitrogen and oxygen atoms in total. The van der Waals surface area contributed by atoms with Gasteiger partial charge in [0.25, 0.3) is 0 Å². The Bertz CT molecular complexity index is 770. The molecule has 1 N–H and O–H groups in total. The summed E-state index contributed by atoms with van der Waals surface area (Å²) in [6.07, 6.45) is 2.11. The van der Waals surface area contributed by atoms with Crippen LogP contribution in [-0.2, 0) is 11.2 Å². The third-order valence-corrected chi connectivity index (χ3v) is 4.58. The first kappa shape index (κ1) is 16.4. The molecule has 3 rings (SSSR count). The Morgan fingerprint density at radius 1 is 1.17 bits per heavy atom. The summed E-state index contributed by atoms with van der Waals surface area (Å²) in [6.45, 7) is 1.84. The lowest BCUT2D eigenvalue weighted by atomic mass is 10.1. The van der Waals surface area contributed by atoms with Crippen molar-refractivity contribution in [1.82, 2.24) is 4.90 Å². The van der Waals surface area contributed by atoms with E-state index in [1.165, 1.54) is 18.1 Å². The van der Waals surface area contributed by atoms with E-state index >= 15 is 0 Å². The average molecular weight is 322 g/mol. The first-order chi connectivity index (χ1) is 11.5. The number of fused-ring (bicyclic) bond motifs is 1. The number of rotatable bonds is 5. The van der Waals surface area contributed by atoms with Gasteiger partial charge >= 0.3 is 0 Å². The summed E-state index contributed by atoms with van der Waals surface area (Å²) >= 11 is 0. The van der Waals surface area contributed by atoms with Gasteiger partial charge < -0.3 is 5.32 Å². The van der Waals surface area contributed by atoms with Crippen molar-refractivity contribution >= 4 is 17.4 Å². The fraction of sp³-hybridized carbons (Fsp3) is 0.300. The second kappa shape index (κ2) is 6.97. The summed E-state index contributed by atoms with van der Waals surface area (Å²) in [7, 11) is 1.98. The van der Waals surface area contributed by atoms with Gasteiger partial charge in [0.15, 0.2) is 5.78 Å². The van der Waals surface area contributed by atoms with E-state index in [4.69, 9.17) is 0 Å². The number of Topliss-reactive ketones (excluding diaryl/α,β-unsaturated/α-hetero) is 1. The third-order valence-electron chi connectivity index (χ3n) is 4.58. The van der Waals surface area contributed by atoms with Crippen molar-refractivity contribution in [3.63, 3.8) is 0 Å². The smallest absolute Gasteiger partial charge is 0.238 e. The molecule has 124 valence electrons. The quantitative estimate of drug-likeness (QED) is 0.858. The predicted molar refractivity (Wildman–Crippen MR) is 95.2 cm³/mol. The van der Waals surface area contributed by atoms with Gasteiger partial charge in [-0.15, -0.1) is 0 Å². The summed E-state index contributed by atoms with van der Waals surface area (Å²) < 4.78 is 0. The van der Waals surface area contributed by atoms with E-state index in [1.807, 2.05) is 7.05 Å². The molecule has 1 amide bonds. The third kappa shape index (κ3) is 3.54. The number of hydrogen-bond donors (Lipinski definition) is 1. The number of ketones is 1. The van der Waals surface area contributed by atoms with Crippen LogP contribution in [0.4, 0.5) is 5.69 Å². The monoisotopic (exact) mass is 322 g/mol. The Balaban J connectivity index is 1.63. The van der Waals surface area contributed by atoms with Crippen LogP contribution in [0.1, 0.15) is 40.9 Å². The van der Waals surface area contributed by atoms with Crippen LogP contribution >= 0.6 is 0 Å². The Morgan fingerprint density at radius 3 is 2.75 bits per heavy atom. The molecule has 0 saturated carbocycles. The van der Waals surface area contributed by atoms with Crippen molar-refractivity contribution in [2.45, 2.75) is 25.8 Å². The van der Waals surface area contributed by atoms with Crippen molar-refractivity contribution in [1.29, 1.82) is 0 Å². The Labute approximate surface area is 142 Å². The van der Waals surface area contributed by atoms with Crippen molar-refractivity contribution in [2.75, 3.05) is 18.9 Å². The number of hydrogen-bond acceptors (Lipinski definition) is 3. The van der Waals surface area contributed by atoms with E-state index in [2.05, 4.69) is 34.5 Å². The van der Waals surface area contributed by atoms with Crippen LogP contribution in [0.3, 0.4) is 0 Å². The van der Waals surface area contributed by atoms with Crippen molar-refractivity contribution in [2.24, 2.45) is 0 Å².